The smallest absolute Gasteiger partial charge is 0.264 e. The van der Waals surface area contributed by atoms with Gasteiger partial charge in [-0.2, -0.15) is 0 Å². The van der Waals surface area contributed by atoms with Crippen LogP contribution in [0.4, 0.5) is 5.69 Å². The van der Waals surface area contributed by atoms with Crippen LogP contribution in [0, 0.1) is 6.92 Å². The van der Waals surface area contributed by atoms with Crippen LogP contribution in [0.15, 0.2) is 76.1 Å². The van der Waals surface area contributed by atoms with E-state index in [9.17, 15) is 18.0 Å². The van der Waals surface area contributed by atoms with E-state index in [1.54, 1.807) is 19.1 Å². The molecule has 0 aromatic heterocycles. The number of nitrogens with zero attached hydrogens (tertiary/aromatic N) is 2. The molecule has 208 valence electrons. The average molecular weight is 655 g/mol. The van der Waals surface area contributed by atoms with E-state index in [0.29, 0.717) is 6.54 Å². The number of nitrogens with one attached hydrogen (secondary N) is 1. The van der Waals surface area contributed by atoms with Gasteiger partial charge in [0.2, 0.25) is 11.8 Å². The number of halogens is 3. The Bertz CT molecular complexity index is 1420. The standard InChI is InChI=1S/C28H30BrCl2N3O4S/c1-4-15-32-28(36)20(3)33(17-21-7-9-22(29)10-8-21)27(35)18-34(26-16-23(30)11-14-25(26)31)39(37,38)24-12-5-19(2)6-13-24/h5-14,16,20H,4,15,17-18H2,1-3H3,(H,32,36). The molecule has 7 nitrogen and oxygen atoms in total. The lowest BCUT2D eigenvalue weighted by Crippen LogP contribution is -2.51. The van der Waals surface area contributed by atoms with Gasteiger partial charge in [-0.3, -0.25) is 13.9 Å². The lowest BCUT2D eigenvalue weighted by atomic mass is 10.1. The molecule has 1 N–H and O–H groups in total. The van der Waals surface area contributed by atoms with Crippen LogP contribution in [0.3, 0.4) is 0 Å². The SMILES string of the molecule is CCCNC(=O)C(C)N(Cc1ccc(Br)cc1)C(=O)CN(c1cc(Cl)ccc1Cl)S(=O)(=O)c1ccc(C)cc1. The van der Waals surface area contributed by atoms with Crippen molar-refractivity contribution in [3.63, 3.8) is 0 Å². The van der Waals surface area contributed by atoms with Gasteiger partial charge in [0.25, 0.3) is 10.0 Å². The van der Waals surface area contributed by atoms with Crippen LogP contribution >= 0.6 is 39.1 Å². The molecule has 3 aromatic carbocycles. The van der Waals surface area contributed by atoms with Gasteiger partial charge in [0.15, 0.2) is 0 Å². The molecule has 0 radical (unpaired) electrons. The van der Waals surface area contributed by atoms with Gasteiger partial charge in [-0.15, -0.1) is 0 Å². The summed E-state index contributed by atoms with van der Waals surface area (Å²) in [6.07, 6.45) is 0.731. The number of carbonyl (C=O) groups excluding carboxylic acids is 2. The lowest BCUT2D eigenvalue weighted by Gasteiger charge is -2.32. The van der Waals surface area contributed by atoms with E-state index in [1.807, 2.05) is 38.1 Å². The Kier molecular flexibility index (Phi) is 10.8. The van der Waals surface area contributed by atoms with E-state index in [-0.39, 0.29) is 33.1 Å². The number of amides is 2. The second-order valence-corrected chi connectivity index (χ2v) is 12.7. The summed E-state index contributed by atoms with van der Waals surface area (Å²) in [4.78, 5) is 28.2. The number of sulfonamides is 1. The van der Waals surface area contributed by atoms with Crippen molar-refractivity contribution in [2.24, 2.45) is 0 Å². The van der Waals surface area contributed by atoms with Crippen LogP contribution in [-0.4, -0.2) is 44.3 Å². The second-order valence-electron chi connectivity index (χ2n) is 9.04. The summed E-state index contributed by atoms with van der Waals surface area (Å²) < 4.78 is 29.6. The molecule has 1 unspecified atom stereocenters. The van der Waals surface area contributed by atoms with Crippen LogP contribution < -0.4 is 9.62 Å². The molecule has 0 spiro atoms. The van der Waals surface area contributed by atoms with Crippen LogP contribution in [0.1, 0.15) is 31.4 Å². The zero-order valence-corrected chi connectivity index (χ0v) is 25.7. The summed E-state index contributed by atoms with van der Waals surface area (Å²) in [6.45, 7) is 5.34. The van der Waals surface area contributed by atoms with Crippen molar-refractivity contribution in [2.45, 2.75) is 44.7 Å². The van der Waals surface area contributed by atoms with E-state index >= 15 is 0 Å². The Labute approximate surface area is 248 Å². The number of benzene rings is 3. The zero-order chi connectivity index (χ0) is 28.7. The van der Waals surface area contributed by atoms with Crippen molar-refractivity contribution in [2.75, 3.05) is 17.4 Å². The van der Waals surface area contributed by atoms with Crippen LogP contribution in [0.25, 0.3) is 0 Å². The van der Waals surface area contributed by atoms with Gasteiger partial charge < -0.3 is 10.2 Å². The molecule has 0 bridgehead atoms. The highest BCUT2D eigenvalue weighted by Gasteiger charge is 2.33. The minimum absolute atomic E-state index is 0.00913. The fraction of sp³-hybridized carbons (Fsp3) is 0.286. The van der Waals surface area contributed by atoms with E-state index in [0.717, 1.165) is 26.3 Å². The number of carbonyl (C=O) groups is 2. The molecule has 0 aliphatic rings. The first-order valence-corrected chi connectivity index (χ1v) is 15.3. The Hall–Kier alpha value is -2.59. The Morgan fingerprint density at radius 1 is 1.00 bits per heavy atom. The van der Waals surface area contributed by atoms with Gasteiger partial charge in [0.05, 0.1) is 15.6 Å². The third kappa shape index (κ3) is 7.97. The maximum Gasteiger partial charge on any atom is 0.264 e. The van der Waals surface area contributed by atoms with Crippen molar-refractivity contribution in [1.29, 1.82) is 0 Å². The number of aryl methyl sites for hydroxylation is 1. The summed E-state index contributed by atoms with van der Waals surface area (Å²) in [5.41, 5.74) is 1.71. The molecule has 11 heteroatoms. The molecule has 0 aliphatic heterocycles. The van der Waals surface area contributed by atoms with Crippen molar-refractivity contribution < 1.29 is 18.0 Å². The maximum absolute atomic E-state index is 13.9. The van der Waals surface area contributed by atoms with Gasteiger partial charge in [-0.05, 0) is 68.3 Å². The highest BCUT2D eigenvalue weighted by molar-refractivity contribution is 9.10. The van der Waals surface area contributed by atoms with Gasteiger partial charge in [-0.1, -0.05) is 75.9 Å². The minimum Gasteiger partial charge on any atom is -0.354 e. The Balaban J connectivity index is 2.05. The average Bonchev–Trinajstić information content (AvgIpc) is 2.91. The van der Waals surface area contributed by atoms with Gasteiger partial charge >= 0.3 is 0 Å². The summed E-state index contributed by atoms with van der Waals surface area (Å²) in [6, 6.07) is 17.2. The molecule has 0 saturated carbocycles. The molecule has 0 aliphatic carbocycles. The summed E-state index contributed by atoms with van der Waals surface area (Å²) in [5.74, 6) is -0.917. The maximum atomic E-state index is 13.9. The van der Waals surface area contributed by atoms with E-state index in [4.69, 9.17) is 23.2 Å². The van der Waals surface area contributed by atoms with Crippen LogP contribution in [0.5, 0.6) is 0 Å². The largest absolute Gasteiger partial charge is 0.354 e. The first-order chi connectivity index (χ1) is 18.4. The van der Waals surface area contributed by atoms with E-state index in [1.165, 1.54) is 35.2 Å². The molecule has 3 aromatic rings. The molecule has 3 rings (SSSR count). The third-order valence-electron chi connectivity index (χ3n) is 6.05. The molecular formula is C28H30BrCl2N3O4S. The summed E-state index contributed by atoms with van der Waals surface area (Å²) >= 11 is 16.0. The first-order valence-electron chi connectivity index (χ1n) is 12.3. The van der Waals surface area contributed by atoms with Gasteiger partial charge in [-0.25, -0.2) is 8.42 Å². The minimum atomic E-state index is -4.24. The number of hydrogen-bond donors (Lipinski definition) is 1. The molecule has 0 fully saturated rings. The highest BCUT2D eigenvalue weighted by atomic mass is 79.9. The summed E-state index contributed by atoms with van der Waals surface area (Å²) in [7, 11) is -4.24. The lowest BCUT2D eigenvalue weighted by molar-refractivity contribution is -0.139. The van der Waals surface area contributed by atoms with Crippen LogP contribution in [0.2, 0.25) is 10.0 Å². The first kappa shape index (κ1) is 30.9. The summed E-state index contributed by atoms with van der Waals surface area (Å²) in [5, 5.41) is 3.18. The van der Waals surface area contributed by atoms with Crippen molar-refractivity contribution >= 4 is 66.7 Å². The molecule has 0 heterocycles. The predicted molar refractivity (Wildman–Crippen MR) is 160 cm³/mol. The fourth-order valence-corrected chi connectivity index (χ4v) is 5.92. The number of hydrogen-bond acceptors (Lipinski definition) is 4. The predicted octanol–water partition coefficient (Wildman–Crippen LogP) is 6.20. The second kappa shape index (κ2) is 13.7. The van der Waals surface area contributed by atoms with Gasteiger partial charge in [0.1, 0.15) is 12.6 Å². The molecule has 1 atom stereocenters. The van der Waals surface area contributed by atoms with Crippen molar-refractivity contribution in [3.8, 4) is 0 Å². The molecule has 0 saturated heterocycles. The molecular weight excluding hydrogens is 625 g/mol. The quantitative estimate of drug-likeness (QED) is 0.267. The molecule has 39 heavy (non-hydrogen) atoms. The number of rotatable bonds is 11. The monoisotopic (exact) mass is 653 g/mol. The third-order valence-corrected chi connectivity index (χ3v) is 8.90. The topological polar surface area (TPSA) is 86.8 Å². The Morgan fingerprint density at radius 2 is 1.64 bits per heavy atom. The van der Waals surface area contributed by atoms with Crippen molar-refractivity contribution in [1.82, 2.24) is 10.2 Å². The highest BCUT2D eigenvalue weighted by Crippen LogP contribution is 2.33. The van der Waals surface area contributed by atoms with E-state index < -0.39 is 28.5 Å². The fourth-order valence-electron chi connectivity index (χ4n) is 3.79. The number of anilines is 1. The Morgan fingerprint density at radius 3 is 2.26 bits per heavy atom. The zero-order valence-electron chi connectivity index (χ0n) is 21.8. The van der Waals surface area contributed by atoms with E-state index in [2.05, 4.69) is 21.2 Å². The van der Waals surface area contributed by atoms with Gasteiger partial charge in [0, 0.05) is 22.6 Å². The normalized spacial score (nSPS) is 12.1. The van der Waals surface area contributed by atoms with Crippen molar-refractivity contribution in [3.05, 3.63) is 92.4 Å². The van der Waals surface area contributed by atoms with Crippen LogP contribution in [-0.2, 0) is 26.2 Å². The molecule has 2 amide bonds.